The van der Waals surface area contributed by atoms with E-state index in [1.54, 1.807) is 25.7 Å². The van der Waals surface area contributed by atoms with Crippen molar-refractivity contribution in [2.45, 2.75) is 74.8 Å². The molecule has 0 bridgehead atoms. The lowest BCUT2D eigenvalue weighted by Crippen LogP contribution is -2.43. The average molecular weight is 732 g/mol. The highest BCUT2D eigenvalue weighted by Crippen LogP contribution is 2.48. The predicted molar refractivity (Wildman–Crippen MR) is 188 cm³/mol. The third-order valence-corrected chi connectivity index (χ3v) is 12.0. The van der Waals surface area contributed by atoms with Crippen molar-refractivity contribution in [2.75, 3.05) is 51.0 Å². The van der Waals surface area contributed by atoms with Crippen molar-refractivity contribution >= 4 is 52.4 Å². The van der Waals surface area contributed by atoms with E-state index >= 15 is 4.39 Å². The fourth-order valence-corrected chi connectivity index (χ4v) is 9.57. The van der Waals surface area contributed by atoms with E-state index in [0.717, 1.165) is 37.1 Å². The van der Waals surface area contributed by atoms with E-state index in [1.807, 2.05) is 0 Å². The smallest absolute Gasteiger partial charge is 0.318 e. The van der Waals surface area contributed by atoms with Gasteiger partial charge in [0.1, 0.15) is 18.6 Å². The summed E-state index contributed by atoms with van der Waals surface area (Å²) in [5, 5.41) is 4.74. The number of aromatic nitrogens is 4. The number of halogens is 4. The van der Waals surface area contributed by atoms with Crippen LogP contribution in [0, 0.1) is 17.7 Å². The van der Waals surface area contributed by atoms with E-state index in [9.17, 15) is 9.18 Å². The van der Waals surface area contributed by atoms with Gasteiger partial charge < -0.3 is 20.3 Å². The first-order valence-corrected chi connectivity index (χ1v) is 18.2. The zero-order valence-corrected chi connectivity index (χ0v) is 30.0. The number of aryl methyl sites for hydroxylation is 1. The Morgan fingerprint density at radius 2 is 2.04 bits per heavy atom. The number of alkyl halides is 1. The van der Waals surface area contributed by atoms with Gasteiger partial charge in [-0.2, -0.15) is 15.1 Å². The molecule has 49 heavy (non-hydrogen) atoms. The number of thioether (sulfide) groups is 1. The van der Waals surface area contributed by atoms with Crippen molar-refractivity contribution < 1.29 is 18.3 Å². The number of carbonyl (C=O) groups excluding carboxylic acids is 1. The minimum Gasteiger partial charge on any atom is -0.461 e. The monoisotopic (exact) mass is 730 g/mol. The lowest BCUT2D eigenvalue weighted by Gasteiger charge is -2.32. The average Bonchev–Trinajstić information content (AvgIpc) is 3.64. The third-order valence-electron chi connectivity index (χ3n) is 9.97. The second-order valence-corrected chi connectivity index (χ2v) is 15.3. The molecule has 2 aromatic heterocycles. The van der Waals surface area contributed by atoms with Crippen molar-refractivity contribution in [3.63, 3.8) is 0 Å². The molecule has 3 aromatic rings. The molecule has 0 saturated carbocycles. The quantitative estimate of drug-likeness (QED) is 0.254. The first-order chi connectivity index (χ1) is 23.5. The van der Waals surface area contributed by atoms with Crippen LogP contribution < -0.4 is 15.4 Å². The van der Waals surface area contributed by atoms with Crippen LogP contribution in [0.15, 0.2) is 6.07 Å². The number of hydrogen-bond acceptors (Lipinski definition) is 9. The van der Waals surface area contributed by atoms with E-state index in [2.05, 4.69) is 26.7 Å². The number of amides is 1. The molecule has 7 rings (SSSR count). The summed E-state index contributed by atoms with van der Waals surface area (Å²) in [6.07, 6.45) is 2.45. The highest BCUT2D eigenvalue weighted by molar-refractivity contribution is 7.98. The van der Waals surface area contributed by atoms with Crippen LogP contribution in [0.3, 0.4) is 0 Å². The number of ether oxygens (including phenoxy) is 1. The van der Waals surface area contributed by atoms with Crippen molar-refractivity contribution in [2.24, 2.45) is 0 Å². The number of nitrogen functional groups attached to an aromatic ring is 1. The summed E-state index contributed by atoms with van der Waals surface area (Å²) >= 11 is 15.1. The first-order valence-electron chi connectivity index (χ1n) is 16.4. The fourth-order valence-electron chi connectivity index (χ4n) is 7.59. The Kier molecular flexibility index (Phi) is 9.36. The molecule has 3 atom stereocenters. The SMILES string of the molecule is CC#Cc1cc(N)c(F)c(C2Cc3nc(OC[C@@]45CCCN4C[C@H](F)C5)nc(N4CCCn5nc(C(=O)N(C)C)c(Cl)c5C4)c3CS2)c1Cl. The molecule has 4 aliphatic heterocycles. The Hall–Kier alpha value is -3.31. The third kappa shape index (κ3) is 6.19. The Bertz CT molecular complexity index is 1880. The first kappa shape index (κ1) is 34.2. The molecule has 0 aliphatic carbocycles. The summed E-state index contributed by atoms with van der Waals surface area (Å²) in [6, 6.07) is 1.65. The van der Waals surface area contributed by atoms with Gasteiger partial charge in [-0.3, -0.25) is 14.4 Å². The van der Waals surface area contributed by atoms with Gasteiger partial charge in [0.05, 0.1) is 39.2 Å². The van der Waals surface area contributed by atoms with Crippen LogP contribution in [0.2, 0.25) is 10.0 Å². The van der Waals surface area contributed by atoms with Gasteiger partial charge in [0.15, 0.2) is 11.5 Å². The molecule has 1 aromatic carbocycles. The van der Waals surface area contributed by atoms with Gasteiger partial charge in [-0.05, 0) is 38.8 Å². The van der Waals surface area contributed by atoms with Crippen LogP contribution in [0.5, 0.6) is 6.01 Å². The summed E-state index contributed by atoms with van der Waals surface area (Å²) in [5.41, 5.74) is 9.03. The molecule has 2 N–H and O–H groups in total. The highest BCUT2D eigenvalue weighted by Gasteiger charge is 2.49. The molecule has 260 valence electrons. The van der Waals surface area contributed by atoms with Gasteiger partial charge in [0, 0.05) is 74.3 Å². The van der Waals surface area contributed by atoms with Crippen molar-refractivity contribution in [1.82, 2.24) is 29.5 Å². The highest BCUT2D eigenvalue weighted by atomic mass is 35.5. The minimum atomic E-state index is -0.891. The predicted octanol–water partition coefficient (Wildman–Crippen LogP) is 5.67. The van der Waals surface area contributed by atoms with Crippen molar-refractivity contribution in [3.05, 3.63) is 55.7 Å². The van der Waals surface area contributed by atoms with Gasteiger partial charge in [0.2, 0.25) is 0 Å². The summed E-state index contributed by atoms with van der Waals surface area (Å²) in [4.78, 5) is 28.5. The van der Waals surface area contributed by atoms with E-state index in [-0.39, 0.29) is 45.7 Å². The molecule has 10 nitrogen and oxygen atoms in total. The number of benzene rings is 1. The summed E-state index contributed by atoms with van der Waals surface area (Å²) < 4.78 is 38.4. The van der Waals surface area contributed by atoms with Crippen LogP contribution in [0.4, 0.5) is 20.3 Å². The van der Waals surface area contributed by atoms with Gasteiger partial charge in [-0.25, -0.2) is 8.78 Å². The zero-order valence-electron chi connectivity index (χ0n) is 27.7. The normalized spacial score (nSPS) is 23.3. The molecule has 15 heteroatoms. The van der Waals surface area contributed by atoms with Crippen LogP contribution in [0.1, 0.15) is 76.4 Å². The van der Waals surface area contributed by atoms with Gasteiger partial charge in [-0.1, -0.05) is 29.1 Å². The summed E-state index contributed by atoms with van der Waals surface area (Å²) in [6.45, 7) is 4.80. The standard InChI is InChI=1S/C34H38Cl2F2N8O2S/c1-4-7-19-12-22(39)29(38)26(27(19)35)25-13-23-21(17-49-25)31(41-33(40-23)48-18-34-8-5-10-45(34)15-20(37)14-34)44-9-6-11-46-24(16-44)28(36)30(42-46)32(47)43(2)3/h12,20,25H,5-6,8-11,13-18,39H2,1-3H3/t20-,25?,34+/m1/s1. The molecule has 1 amide bonds. The number of hydrogen-bond donors (Lipinski definition) is 1. The Morgan fingerprint density at radius 3 is 2.82 bits per heavy atom. The second kappa shape index (κ2) is 13.4. The lowest BCUT2D eigenvalue weighted by atomic mass is 9.95. The lowest BCUT2D eigenvalue weighted by molar-refractivity contribution is 0.0821. The fraction of sp³-hybridized carbons (Fsp3) is 0.529. The van der Waals surface area contributed by atoms with Crippen molar-refractivity contribution in [3.8, 4) is 17.9 Å². The topological polar surface area (TPSA) is 106 Å². The number of anilines is 2. The number of fused-ring (bicyclic) bond motifs is 3. The molecule has 2 fully saturated rings. The number of nitrogens with two attached hydrogens (primary N) is 1. The number of nitrogens with zero attached hydrogens (tertiary/aromatic N) is 7. The van der Waals surface area contributed by atoms with E-state index in [0.29, 0.717) is 72.4 Å². The largest absolute Gasteiger partial charge is 0.461 e. The maximum absolute atomic E-state index is 15.7. The number of carbonyl (C=O) groups is 1. The maximum Gasteiger partial charge on any atom is 0.318 e. The Morgan fingerprint density at radius 1 is 1.22 bits per heavy atom. The minimum absolute atomic E-state index is 0.00998. The molecule has 6 heterocycles. The molecule has 4 aliphatic rings. The van der Waals surface area contributed by atoms with E-state index in [4.69, 9.17) is 43.6 Å². The molecule has 0 radical (unpaired) electrons. The van der Waals surface area contributed by atoms with Crippen LogP contribution >= 0.6 is 35.0 Å². The maximum atomic E-state index is 15.7. The zero-order chi connectivity index (χ0) is 34.6. The van der Waals surface area contributed by atoms with E-state index < -0.39 is 12.0 Å². The Labute approximate surface area is 298 Å². The van der Waals surface area contributed by atoms with Crippen LogP contribution in [0.25, 0.3) is 0 Å². The number of rotatable bonds is 6. The van der Waals surface area contributed by atoms with Gasteiger partial charge in [-0.15, -0.1) is 17.7 Å². The van der Waals surface area contributed by atoms with Crippen LogP contribution in [-0.2, 0) is 25.3 Å². The second-order valence-electron chi connectivity index (χ2n) is 13.4. The molecular weight excluding hydrogens is 693 g/mol. The van der Waals surface area contributed by atoms with Gasteiger partial charge >= 0.3 is 6.01 Å². The van der Waals surface area contributed by atoms with E-state index in [1.165, 1.54) is 22.7 Å². The van der Waals surface area contributed by atoms with Gasteiger partial charge in [0.25, 0.3) is 5.91 Å². The molecule has 2 saturated heterocycles. The Balaban J connectivity index is 1.27. The molecular formula is C34H38Cl2F2N8O2S. The van der Waals surface area contributed by atoms with Crippen molar-refractivity contribution in [1.29, 1.82) is 0 Å². The van der Waals surface area contributed by atoms with Crippen LogP contribution in [-0.4, -0.2) is 87.5 Å². The summed E-state index contributed by atoms with van der Waals surface area (Å²) in [5.74, 6) is 6.11. The summed E-state index contributed by atoms with van der Waals surface area (Å²) in [7, 11) is 3.33. The molecule has 0 spiro atoms. The molecule has 1 unspecified atom stereocenters.